The lowest BCUT2D eigenvalue weighted by atomic mass is 10.0. The molecule has 2 fully saturated rings. The number of nitrogens with zero attached hydrogens (tertiary/aromatic N) is 3. The molecule has 0 aliphatic carbocycles. The maximum Gasteiger partial charge on any atom is 0.0351 e. The largest absolute Gasteiger partial charge is 0.303 e. The number of likely N-dealkylation sites (N-methyl/N-ethyl adjacent to an activating group) is 1. The van der Waals surface area contributed by atoms with Crippen LogP contribution in [0.15, 0.2) is 0 Å². The number of hydrogen-bond donors (Lipinski definition) is 0. The van der Waals surface area contributed by atoms with E-state index < -0.39 is 0 Å². The first kappa shape index (κ1) is 13.3. The van der Waals surface area contributed by atoms with Gasteiger partial charge in [0.25, 0.3) is 0 Å². The highest BCUT2D eigenvalue weighted by Gasteiger charge is 2.32. The molecule has 17 heavy (non-hydrogen) atoms. The second kappa shape index (κ2) is 6.17. The molecule has 0 radical (unpaired) electrons. The third-order valence-electron chi connectivity index (χ3n) is 4.52. The molecule has 0 spiro atoms. The lowest BCUT2D eigenvalue weighted by molar-refractivity contribution is 0.00579. The molecule has 1 atom stereocenters. The first-order chi connectivity index (χ1) is 8.24. The van der Waals surface area contributed by atoms with Crippen LogP contribution in [-0.2, 0) is 0 Å². The second-order valence-electron chi connectivity index (χ2n) is 5.80. The highest BCUT2D eigenvalue weighted by molar-refractivity contribution is 4.89. The molecule has 0 aromatic rings. The summed E-state index contributed by atoms with van der Waals surface area (Å²) in [5.41, 5.74) is 0. The van der Waals surface area contributed by atoms with Crippen LogP contribution in [0.2, 0.25) is 0 Å². The Morgan fingerprint density at radius 1 is 1.06 bits per heavy atom. The summed E-state index contributed by atoms with van der Waals surface area (Å²) in [6, 6.07) is 1.69. The van der Waals surface area contributed by atoms with E-state index in [2.05, 4.69) is 35.6 Å². The third-order valence-corrected chi connectivity index (χ3v) is 4.52. The van der Waals surface area contributed by atoms with Crippen molar-refractivity contribution >= 4 is 0 Å². The van der Waals surface area contributed by atoms with Gasteiger partial charge >= 0.3 is 0 Å². The molecule has 0 N–H and O–H groups in total. The molecule has 100 valence electrons. The predicted octanol–water partition coefficient (Wildman–Crippen LogP) is 1.50. The van der Waals surface area contributed by atoms with E-state index in [1.807, 2.05) is 0 Å². The van der Waals surface area contributed by atoms with Crippen molar-refractivity contribution in [3.05, 3.63) is 0 Å². The van der Waals surface area contributed by atoms with E-state index in [0.29, 0.717) is 0 Å². The van der Waals surface area contributed by atoms with Crippen LogP contribution in [-0.4, -0.2) is 73.1 Å². The van der Waals surface area contributed by atoms with Crippen molar-refractivity contribution in [3.63, 3.8) is 0 Å². The fraction of sp³-hybridized carbons (Fsp3) is 1.00. The summed E-state index contributed by atoms with van der Waals surface area (Å²) in [4.78, 5) is 7.85. The van der Waals surface area contributed by atoms with Crippen LogP contribution in [0.5, 0.6) is 0 Å². The van der Waals surface area contributed by atoms with E-state index in [0.717, 1.165) is 12.1 Å². The molecule has 0 amide bonds. The Morgan fingerprint density at radius 2 is 1.71 bits per heavy atom. The van der Waals surface area contributed by atoms with Gasteiger partial charge in [0.1, 0.15) is 0 Å². The fourth-order valence-corrected chi connectivity index (χ4v) is 3.34. The number of piperazine rings is 1. The van der Waals surface area contributed by atoms with E-state index >= 15 is 0 Å². The maximum absolute atomic E-state index is 2.72. The Hall–Kier alpha value is -0.120. The minimum atomic E-state index is 0.839. The van der Waals surface area contributed by atoms with Crippen LogP contribution in [0.4, 0.5) is 0 Å². The molecule has 2 rings (SSSR count). The Bertz CT molecular complexity index is 218. The first-order valence-electron chi connectivity index (χ1n) is 7.41. The molecular weight excluding hydrogens is 210 g/mol. The Kier molecular flexibility index (Phi) is 4.83. The van der Waals surface area contributed by atoms with Crippen molar-refractivity contribution in [1.82, 2.24) is 14.7 Å². The summed E-state index contributed by atoms with van der Waals surface area (Å²) in [5.74, 6) is 0. The Labute approximate surface area is 107 Å². The zero-order valence-corrected chi connectivity index (χ0v) is 11.9. The van der Waals surface area contributed by atoms with Crippen LogP contribution in [0, 0.1) is 0 Å². The van der Waals surface area contributed by atoms with Crippen LogP contribution >= 0.6 is 0 Å². The molecule has 2 aliphatic rings. The molecule has 3 nitrogen and oxygen atoms in total. The summed E-state index contributed by atoms with van der Waals surface area (Å²) < 4.78 is 0. The summed E-state index contributed by atoms with van der Waals surface area (Å²) >= 11 is 0. The molecule has 0 aromatic heterocycles. The highest BCUT2D eigenvalue weighted by atomic mass is 15.3. The van der Waals surface area contributed by atoms with Crippen molar-refractivity contribution in [1.29, 1.82) is 0 Å². The average Bonchev–Trinajstić information content (AvgIpc) is 2.32. The number of rotatable bonds is 5. The van der Waals surface area contributed by atoms with E-state index in [1.165, 1.54) is 58.5 Å². The first-order valence-corrected chi connectivity index (χ1v) is 7.41. The minimum Gasteiger partial charge on any atom is -0.303 e. The van der Waals surface area contributed by atoms with Gasteiger partial charge in [0.2, 0.25) is 0 Å². The minimum absolute atomic E-state index is 0.839. The molecule has 2 aliphatic heterocycles. The maximum atomic E-state index is 2.72. The molecule has 1 unspecified atom stereocenters. The molecular formula is C14H29N3. The van der Waals surface area contributed by atoms with Gasteiger partial charge in [-0.15, -0.1) is 0 Å². The normalized spacial score (nSPS) is 27.0. The molecule has 2 heterocycles. The fourth-order valence-electron chi connectivity index (χ4n) is 3.34. The van der Waals surface area contributed by atoms with E-state index in [-0.39, 0.29) is 0 Å². The van der Waals surface area contributed by atoms with Gasteiger partial charge in [-0.1, -0.05) is 20.3 Å². The van der Waals surface area contributed by atoms with Crippen LogP contribution in [0.3, 0.4) is 0 Å². The van der Waals surface area contributed by atoms with E-state index in [9.17, 15) is 0 Å². The quantitative estimate of drug-likeness (QED) is 0.720. The lowest BCUT2D eigenvalue weighted by Gasteiger charge is -2.48. The van der Waals surface area contributed by atoms with Crippen molar-refractivity contribution in [2.24, 2.45) is 0 Å². The molecule has 0 saturated carbocycles. The van der Waals surface area contributed by atoms with Crippen LogP contribution < -0.4 is 0 Å². The van der Waals surface area contributed by atoms with E-state index in [4.69, 9.17) is 0 Å². The van der Waals surface area contributed by atoms with E-state index in [1.54, 1.807) is 0 Å². The SMILES string of the molecule is CCCC(CC)N1CCN(C2CN(C)C2)CC1. The zero-order valence-electron chi connectivity index (χ0n) is 11.9. The third kappa shape index (κ3) is 3.21. The standard InChI is InChI=1S/C14H29N3/c1-4-6-13(5-2)16-7-9-17(10-8-16)14-11-15(3)12-14/h13-14H,4-12H2,1-3H3. The van der Waals surface area contributed by atoms with Gasteiger partial charge in [0.15, 0.2) is 0 Å². The van der Waals surface area contributed by atoms with Gasteiger partial charge in [-0.25, -0.2) is 0 Å². The summed E-state index contributed by atoms with van der Waals surface area (Å²) in [6.45, 7) is 12.4. The lowest BCUT2D eigenvalue weighted by Crippen LogP contribution is -2.62. The highest BCUT2D eigenvalue weighted by Crippen LogP contribution is 2.18. The summed E-state index contributed by atoms with van der Waals surface area (Å²) in [7, 11) is 2.22. The molecule has 2 saturated heterocycles. The zero-order chi connectivity index (χ0) is 12.3. The molecule has 3 heteroatoms. The van der Waals surface area contributed by atoms with Crippen molar-refractivity contribution < 1.29 is 0 Å². The van der Waals surface area contributed by atoms with Crippen LogP contribution in [0.25, 0.3) is 0 Å². The smallest absolute Gasteiger partial charge is 0.0351 e. The second-order valence-corrected chi connectivity index (χ2v) is 5.80. The van der Waals surface area contributed by atoms with Gasteiger partial charge < -0.3 is 4.90 Å². The van der Waals surface area contributed by atoms with Gasteiger partial charge in [-0.05, 0) is 19.9 Å². The average molecular weight is 239 g/mol. The number of likely N-dealkylation sites (tertiary alicyclic amines) is 1. The van der Waals surface area contributed by atoms with Gasteiger partial charge in [0, 0.05) is 51.4 Å². The van der Waals surface area contributed by atoms with Gasteiger partial charge in [-0.2, -0.15) is 0 Å². The Morgan fingerprint density at radius 3 is 2.18 bits per heavy atom. The van der Waals surface area contributed by atoms with Crippen molar-refractivity contribution in [2.45, 2.75) is 45.2 Å². The summed E-state index contributed by atoms with van der Waals surface area (Å²) in [5, 5.41) is 0. The molecule has 0 bridgehead atoms. The van der Waals surface area contributed by atoms with Crippen molar-refractivity contribution in [2.75, 3.05) is 46.3 Å². The van der Waals surface area contributed by atoms with Crippen LogP contribution in [0.1, 0.15) is 33.1 Å². The number of hydrogen-bond acceptors (Lipinski definition) is 3. The topological polar surface area (TPSA) is 9.72 Å². The summed E-state index contributed by atoms with van der Waals surface area (Å²) in [6.07, 6.45) is 4.02. The monoisotopic (exact) mass is 239 g/mol. The Balaban J connectivity index is 1.73. The van der Waals surface area contributed by atoms with Gasteiger partial charge in [-0.3, -0.25) is 9.80 Å². The molecule has 0 aromatic carbocycles. The van der Waals surface area contributed by atoms with Crippen molar-refractivity contribution in [3.8, 4) is 0 Å². The predicted molar refractivity (Wildman–Crippen MR) is 73.4 cm³/mol. The van der Waals surface area contributed by atoms with Gasteiger partial charge in [0.05, 0.1) is 0 Å².